The Labute approximate surface area is 97.5 Å². The molecule has 0 bridgehead atoms. The summed E-state index contributed by atoms with van der Waals surface area (Å²) in [4.78, 5) is 13.3. The van der Waals surface area contributed by atoms with E-state index >= 15 is 0 Å². The van der Waals surface area contributed by atoms with Crippen LogP contribution >= 0.6 is 11.5 Å². The largest absolute Gasteiger partial charge is 0.490 e. The third-order valence-corrected chi connectivity index (χ3v) is 3.37. The third-order valence-electron chi connectivity index (χ3n) is 2.46. The molecule has 0 spiro atoms. The van der Waals surface area contributed by atoms with Gasteiger partial charge in [-0.05, 0) is 11.5 Å². The van der Waals surface area contributed by atoms with Gasteiger partial charge >= 0.3 is 0 Å². The van der Waals surface area contributed by atoms with Crippen molar-refractivity contribution in [2.24, 2.45) is 0 Å². The average Bonchev–Trinajstić information content (AvgIpc) is 2.50. The standard InChI is InChI=1S/C9H14N4O2S/c1-15-7-8(10)12-16-9(7)13-4-2-6(14)11-3-5-13/h2-5H2,1H3,(H2,10,12)(H,11,14). The molecule has 1 aromatic heterocycles. The highest BCUT2D eigenvalue weighted by Crippen LogP contribution is 2.37. The van der Waals surface area contributed by atoms with Gasteiger partial charge in [-0.2, -0.15) is 4.37 Å². The molecule has 1 aromatic rings. The lowest BCUT2D eigenvalue weighted by atomic mass is 10.4. The van der Waals surface area contributed by atoms with Gasteiger partial charge < -0.3 is 20.7 Å². The summed E-state index contributed by atoms with van der Waals surface area (Å²) in [5.74, 6) is 1.10. The highest BCUT2D eigenvalue weighted by atomic mass is 32.1. The Balaban J connectivity index is 2.19. The van der Waals surface area contributed by atoms with Crippen LogP contribution in [0.15, 0.2) is 0 Å². The summed E-state index contributed by atoms with van der Waals surface area (Å²) in [7, 11) is 1.57. The van der Waals surface area contributed by atoms with Crippen molar-refractivity contribution in [1.29, 1.82) is 0 Å². The van der Waals surface area contributed by atoms with Gasteiger partial charge in [-0.15, -0.1) is 0 Å². The molecule has 1 aliphatic rings. The van der Waals surface area contributed by atoms with Gasteiger partial charge in [0.05, 0.1) is 7.11 Å². The fourth-order valence-corrected chi connectivity index (χ4v) is 2.48. The highest BCUT2D eigenvalue weighted by molar-refractivity contribution is 7.11. The van der Waals surface area contributed by atoms with Crippen molar-refractivity contribution in [3.8, 4) is 5.75 Å². The van der Waals surface area contributed by atoms with Gasteiger partial charge in [0.25, 0.3) is 0 Å². The van der Waals surface area contributed by atoms with Crippen LogP contribution in [0.3, 0.4) is 0 Å². The summed E-state index contributed by atoms with van der Waals surface area (Å²) >= 11 is 1.30. The quantitative estimate of drug-likeness (QED) is 0.766. The molecule has 0 aliphatic carbocycles. The minimum atomic E-state index is 0.0824. The smallest absolute Gasteiger partial charge is 0.221 e. The minimum absolute atomic E-state index is 0.0824. The average molecular weight is 242 g/mol. The predicted octanol–water partition coefficient (Wildman–Crippen LogP) is 0.0602. The molecule has 1 saturated heterocycles. The van der Waals surface area contributed by atoms with Crippen LogP contribution in [-0.4, -0.2) is 37.0 Å². The molecular formula is C9H14N4O2S. The second kappa shape index (κ2) is 4.56. The Morgan fingerprint density at radius 3 is 3.12 bits per heavy atom. The summed E-state index contributed by atoms with van der Waals surface area (Å²) in [6.07, 6.45) is 0.487. The van der Waals surface area contributed by atoms with Gasteiger partial charge in [-0.25, -0.2) is 0 Å². The van der Waals surface area contributed by atoms with Crippen molar-refractivity contribution < 1.29 is 9.53 Å². The Morgan fingerprint density at radius 1 is 1.56 bits per heavy atom. The SMILES string of the molecule is COc1c(N)nsc1N1CCNC(=O)CC1. The predicted molar refractivity (Wildman–Crippen MR) is 62.9 cm³/mol. The Kier molecular flexibility index (Phi) is 3.14. The Hall–Kier alpha value is -1.50. The first-order valence-electron chi connectivity index (χ1n) is 5.03. The van der Waals surface area contributed by atoms with Gasteiger partial charge in [0.2, 0.25) is 5.91 Å². The van der Waals surface area contributed by atoms with Crippen molar-refractivity contribution in [2.75, 3.05) is 37.4 Å². The van der Waals surface area contributed by atoms with Crippen molar-refractivity contribution >= 4 is 28.3 Å². The van der Waals surface area contributed by atoms with Gasteiger partial charge in [0, 0.05) is 26.1 Å². The topological polar surface area (TPSA) is 80.5 Å². The molecule has 1 aliphatic heterocycles. The summed E-state index contributed by atoms with van der Waals surface area (Å²) in [6, 6.07) is 0. The van der Waals surface area contributed by atoms with Crippen LogP contribution in [-0.2, 0) is 4.79 Å². The number of ether oxygens (including phenoxy) is 1. The van der Waals surface area contributed by atoms with E-state index in [9.17, 15) is 4.79 Å². The number of methoxy groups -OCH3 is 1. The van der Waals surface area contributed by atoms with Crippen molar-refractivity contribution in [2.45, 2.75) is 6.42 Å². The molecule has 16 heavy (non-hydrogen) atoms. The first kappa shape index (κ1) is 11.0. The van der Waals surface area contributed by atoms with Crippen LogP contribution in [0.2, 0.25) is 0 Å². The Bertz CT molecular complexity index is 393. The molecule has 3 N–H and O–H groups in total. The van der Waals surface area contributed by atoms with Crippen molar-refractivity contribution in [1.82, 2.24) is 9.69 Å². The number of rotatable bonds is 2. The van der Waals surface area contributed by atoms with E-state index in [4.69, 9.17) is 10.5 Å². The molecule has 88 valence electrons. The molecule has 1 fully saturated rings. The van der Waals surface area contributed by atoms with Crippen LogP contribution in [0.25, 0.3) is 0 Å². The van der Waals surface area contributed by atoms with Crippen LogP contribution in [0.1, 0.15) is 6.42 Å². The first-order valence-corrected chi connectivity index (χ1v) is 5.80. The van der Waals surface area contributed by atoms with E-state index in [0.717, 1.165) is 11.5 Å². The maximum Gasteiger partial charge on any atom is 0.221 e. The molecule has 0 unspecified atom stereocenters. The third kappa shape index (κ3) is 2.04. The molecule has 6 nitrogen and oxygen atoms in total. The second-order valence-corrected chi connectivity index (χ2v) is 4.25. The van der Waals surface area contributed by atoms with Crippen LogP contribution in [0.4, 0.5) is 10.8 Å². The van der Waals surface area contributed by atoms with Gasteiger partial charge in [0.15, 0.2) is 16.6 Å². The number of nitrogens with two attached hydrogens (primary N) is 1. The summed E-state index contributed by atoms with van der Waals surface area (Å²) in [5, 5.41) is 3.72. The molecule has 0 saturated carbocycles. The normalized spacial score (nSPS) is 16.8. The molecule has 1 amide bonds. The second-order valence-electron chi connectivity index (χ2n) is 3.49. The number of carbonyl (C=O) groups is 1. The number of amides is 1. The number of nitrogens with one attached hydrogen (secondary N) is 1. The van der Waals surface area contributed by atoms with Crippen LogP contribution < -0.4 is 20.7 Å². The van der Waals surface area contributed by atoms with Gasteiger partial charge in [0.1, 0.15) is 0 Å². The van der Waals surface area contributed by atoms with Crippen molar-refractivity contribution in [3.05, 3.63) is 0 Å². The van der Waals surface area contributed by atoms with Crippen LogP contribution in [0.5, 0.6) is 5.75 Å². The lowest BCUT2D eigenvalue weighted by molar-refractivity contribution is -0.120. The van der Waals surface area contributed by atoms with E-state index in [0.29, 0.717) is 31.1 Å². The number of aromatic nitrogens is 1. The highest BCUT2D eigenvalue weighted by Gasteiger charge is 2.21. The molecule has 2 rings (SSSR count). The van der Waals surface area contributed by atoms with Gasteiger partial charge in [-0.3, -0.25) is 4.79 Å². The fourth-order valence-electron chi connectivity index (χ4n) is 1.65. The summed E-state index contributed by atoms with van der Waals surface area (Å²) in [6.45, 7) is 2.06. The van der Waals surface area contributed by atoms with Crippen molar-refractivity contribution in [3.63, 3.8) is 0 Å². The van der Waals surface area contributed by atoms with Gasteiger partial charge in [-0.1, -0.05) is 0 Å². The summed E-state index contributed by atoms with van der Waals surface area (Å²) < 4.78 is 9.27. The summed E-state index contributed by atoms with van der Waals surface area (Å²) in [5.41, 5.74) is 5.69. The molecular weight excluding hydrogens is 228 g/mol. The van der Waals surface area contributed by atoms with E-state index < -0.39 is 0 Å². The minimum Gasteiger partial charge on any atom is -0.490 e. The molecule has 2 heterocycles. The van der Waals surface area contributed by atoms with E-state index in [1.165, 1.54) is 11.5 Å². The zero-order valence-electron chi connectivity index (χ0n) is 9.02. The Morgan fingerprint density at radius 2 is 2.38 bits per heavy atom. The zero-order valence-corrected chi connectivity index (χ0v) is 9.84. The molecule has 0 radical (unpaired) electrons. The fraction of sp³-hybridized carbons (Fsp3) is 0.556. The lowest BCUT2D eigenvalue weighted by Crippen LogP contribution is -2.28. The number of nitrogen functional groups attached to an aromatic ring is 1. The number of anilines is 2. The molecule has 0 atom stereocenters. The number of carbonyl (C=O) groups excluding carboxylic acids is 1. The number of hydrogen-bond acceptors (Lipinski definition) is 6. The maximum atomic E-state index is 11.2. The lowest BCUT2D eigenvalue weighted by Gasteiger charge is -2.20. The van der Waals surface area contributed by atoms with E-state index in [1.54, 1.807) is 7.11 Å². The number of hydrogen-bond donors (Lipinski definition) is 2. The monoisotopic (exact) mass is 242 g/mol. The molecule has 0 aromatic carbocycles. The molecule has 7 heteroatoms. The zero-order chi connectivity index (χ0) is 11.5. The number of nitrogens with zero attached hydrogens (tertiary/aromatic N) is 2. The first-order chi connectivity index (χ1) is 7.72. The van der Waals surface area contributed by atoms with Crippen LogP contribution in [0, 0.1) is 0 Å². The van der Waals surface area contributed by atoms with E-state index in [2.05, 4.69) is 14.6 Å². The van der Waals surface area contributed by atoms with E-state index in [1.807, 2.05) is 0 Å². The maximum absolute atomic E-state index is 11.2. The van der Waals surface area contributed by atoms with E-state index in [-0.39, 0.29) is 5.91 Å².